The van der Waals surface area contributed by atoms with Crippen LogP contribution in [-0.4, -0.2) is 11.3 Å². The molecule has 0 bridgehead atoms. The molecule has 0 amide bonds. The highest BCUT2D eigenvalue weighted by atomic mass is 32.1. The number of alkyl halides is 3. The maximum atomic E-state index is 12.0. The van der Waals surface area contributed by atoms with Crippen LogP contribution in [-0.2, 0) is 0 Å². The standard InChI is InChI=1S/C12H6F3NOS/c13-12(14,15)17-10-3-1-2-9(8-10)4-5-11-16-6-7-18-11/h1-3,6-8H. The van der Waals surface area contributed by atoms with Gasteiger partial charge in [-0.15, -0.1) is 24.5 Å². The average molecular weight is 269 g/mol. The van der Waals surface area contributed by atoms with E-state index in [4.69, 9.17) is 0 Å². The van der Waals surface area contributed by atoms with Crippen LogP contribution in [0.25, 0.3) is 0 Å². The van der Waals surface area contributed by atoms with Gasteiger partial charge in [0.05, 0.1) is 0 Å². The molecule has 0 unspecified atom stereocenters. The molecular formula is C12H6F3NOS. The number of nitrogens with zero attached hydrogens (tertiary/aromatic N) is 1. The summed E-state index contributed by atoms with van der Waals surface area (Å²) >= 11 is 1.36. The Morgan fingerprint density at radius 1 is 1.22 bits per heavy atom. The Morgan fingerprint density at radius 2 is 2.06 bits per heavy atom. The minimum atomic E-state index is -4.69. The third-order valence-electron chi connectivity index (χ3n) is 1.81. The summed E-state index contributed by atoms with van der Waals surface area (Å²) in [6, 6.07) is 5.51. The molecule has 2 rings (SSSR count). The van der Waals surface area contributed by atoms with Gasteiger partial charge < -0.3 is 4.74 Å². The molecule has 0 atom stereocenters. The van der Waals surface area contributed by atoms with Crippen molar-refractivity contribution in [1.82, 2.24) is 4.98 Å². The minimum Gasteiger partial charge on any atom is -0.406 e. The van der Waals surface area contributed by atoms with E-state index in [1.807, 2.05) is 0 Å². The maximum Gasteiger partial charge on any atom is 0.573 e. The molecule has 0 N–H and O–H groups in total. The molecule has 0 aliphatic carbocycles. The number of halogens is 3. The van der Waals surface area contributed by atoms with E-state index in [0.717, 1.165) is 0 Å². The van der Waals surface area contributed by atoms with E-state index in [1.54, 1.807) is 17.6 Å². The molecule has 1 heterocycles. The van der Waals surface area contributed by atoms with Crippen molar-refractivity contribution in [2.45, 2.75) is 6.36 Å². The van der Waals surface area contributed by atoms with Crippen molar-refractivity contribution in [3.05, 3.63) is 46.4 Å². The summed E-state index contributed by atoms with van der Waals surface area (Å²) in [4.78, 5) is 3.95. The summed E-state index contributed by atoms with van der Waals surface area (Å²) < 4.78 is 39.8. The van der Waals surface area contributed by atoms with Crippen molar-refractivity contribution in [2.75, 3.05) is 0 Å². The Labute approximate surface area is 105 Å². The Balaban J connectivity index is 2.17. The first kappa shape index (κ1) is 12.5. The first-order chi connectivity index (χ1) is 8.53. The Kier molecular flexibility index (Phi) is 3.53. The van der Waals surface area contributed by atoms with Crippen LogP contribution >= 0.6 is 11.3 Å². The zero-order valence-electron chi connectivity index (χ0n) is 8.86. The number of aromatic nitrogens is 1. The van der Waals surface area contributed by atoms with Crippen LogP contribution in [0.1, 0.15) is 10.6 Å². The van der Waals surface area contributed by atoms with E-state index >= 15 is 0 Å². The van der Waals surface area contributed by atoms with Gasteiger partial charge in [0, 0.05) is 17.1 Å². The van der Waals surface area contributed by atoms with Gasteiger partial charge in [0.2, 0.25) is 0 Å². The first-order valence-corrected chi connectivity index (χ1v) is 5.68. The molecule has 0 saturated heterocycles. The van der Waals surface area contributed by atoms with Crippen LogP contribution in [0.2, 0.25) is 0 Å². The van der Waals surface area contributed by atoms with E-state index in [-0.39, 0.29) is 5.75 Å². The largest absolute Gasteiger partial charge is 0.573 e. The van der Waals surface area contributed by atoms with E-state index in [0.29, 0.717) is 10.6 Å². The normalized spacial score (nSPS) is 10.6. The molecule has 0 spiro atoms. The summed E-state index contributed by atoms with van der Waals surface area (Å²) in [7, 11) is 0. The summed E-state index contributed by atoms with van der Waals surface area (Å²) in [5.74, 6) is 5.19. The van der Waals surface area contributed by atoms with Crippen LogP contribution < -0.4 is 4.74 Å². The molecule has 0 radical (unpaired) electrons. The molecule has 1 aromatic carbocycles. The second kappa shape index (κ2) is 5.10. The van der Waals surface area contributed by atoms with Gasteiger partial charge in [0.15, 0.2) is 5.01 Å². The van der Waals surface area contributed by atoms with Crippen molar-refractivity contribution >= 4 is 11.3 Å². The molecule has 18 heavy (non-hydrogen) atoms. The lowest BCUT2D eigenvalue weighted by atomic mass is 10.2. The van der Waals surface area contributed by atoms with Crippen LogP contribution in [0.15, 0.2) is 35.8 Å². The number of hydrogen-bond donors (Lipinski definition) is 0. The quantitative estimate of drug-likeness (QED) is 0.740. The van der Waals surface area contributed by atoms with Crippen LogP contribution in [0.5, 0.6) is 5.75 Å². The molecule has 6 heteroatoms. The number of thiazole rings is 1. The minimum absolute atomic E-state index is 0.284. The predicted molar refractivity (Wildman–Crippen MR) is 61.2 cm³/mol. The highest BCUT2D eigenvalue weighted by Gasteiger charge is 2.30. The zero-order valence-corrected chi connectivity index (χ0v) is 9.68. The van der Waals surface area contributed by atoms with Crippen LogP contribution in [0.4, 0.5) is 13.2 Å². The SMILES string of the molecule is FC(F)(F)Oc1cccc(C#Cc2nccs2)c1. The fourth-order valence-electron chi connectivity index (χ4n) is 1.18. The van der Waals surface area contributed by atoms with Gasteiger partial charge in [-0.05, 0) is 24.1 Å². The second-order valence-corrected chi connectivity index (χ2v) is 4.06. The van der Waals surface area contributed by atoms with E-state index < -0.39 is 6.36 Å². The molecule has 0 saturated carbocycles. The average Bonchev–Trinajstić information content (AvgIpc) is 2.77. The summed E-state index contributed by atoms with van der Waals surface area (Å²) in [5, 5.41) is 2.38. The lowest BCUT2D eigenvalue weighted by Gasteiger charge is -2.08. The molecule has 0 aliphatic heterocycles. The highest BCUT2D eigenvalue weighted by Crippen LogP contribution is 2.23. The van der Waals surface area contributed by atoms with Crippen LogP contribution in [0.3, 0.4) is 0 Å². The van der Waals surface area contributed by atoms with E-state index in [1.165, 1.54) is 29.5 Å². The third-order valence-corrected chi connectivity index (χ3v) is 2.50. The monoisotopic (exact) mass is 269 g/mol. The molecule has 0 fully saturated rings. The summed E-state index contributed by atoms with van der Waals surface area (Å²) in [6.07, 6.45) is -3.08. The number of rotatable bonds is 1. The number of benzene rings is 1. The lowest BCUT2D eigenvalue weighted by molar-refractivity contribution is -0.274. The van der Waals surface area contributed by atoms with Gasteiger partial charge in [-0.25, -0.2) is 4.98 Å². The maximum absolute atomic E-state index is 12.0. The fraction of sp³-hybridized carbons (Fsp3) is 0.0833. The van der Waals surface area contributed by atoms with Gasteiger partial charge in [-0.1, -0.05) is 12.0 Å². The Morgan fingerprint density at radius 3 is 2.72 bits per heavy atom. The molecule has 1 aromatic heterocycles. The van der Waals surface area contributed by atoms with E-state index in [9.17, 15) is 13.2 Å². The number of hydrogen-bond acceptors (Lipinski definition) is 3. The highest BCUT2D eigenvalue weighted by molar-refractivity contribution is 7.10. The molecule has 2 aromatic rings. The van der Waals surface area contributed by atoms with Gasteiger partial charge in [0.1, 0.15) is 5.75 Å². The molecule has 92 valence electrons. The van der Waals surface area contributed by atoms with Crippen molar-refractivity contribution in [1.29, 1.82) is 0 Å². The third kappa shape index (κ3) is 3.79. The Bertz CT molecular complexity index is 581. The van der Waals surface area contributed by atoms with Crippen molar-refractivity contribution in [2.24, 2.45) is 0 Å². The summed E-state index contributed by atoms with van der Waals surface area (Å²) in [6.45, 7) is 0. The topological polar surface area (TPSA) is 22.1 Å². The predicted octanol–water partition coefficient (Wildman–Crippen LogP) is 3.44. The zero-order chi connectivity index (χ0) is 13.0. The summed E-state index contributed by atoms with van der Waals surface area (Å²) in [5.41, 5.74) is 0.437. The molecule has 2 nitrogen and oxygen atoms in total. The van der Waals surface area contributed by atoms with Gasteiger partial charge >= 0.3 is 6.36 Å². The number of ether oxygens (including phenoxy) is 1. The molecule has 0 aliphatic rings. The van der Waals surface area contributed by atoms with Crippen molar-refractivity contribution < 1.29 is 17.9 Å². The molecular weight excluding hydrogens is 263 g/mol. The van der Waals surface area contributed by atoms with Gasteiger partial charge in [-0.2, -0.15) is 0 Å². The van der Waals surface area contributed by atoms with Crippen LogP contribution in [0, 0.1) is 11.8 Å². The van der Waals surface area contributed by atoms with Crippen molar-refractivity contribution in [3.63, 3.8) is 0 Å². The Hall–Kier alpha value is -2.00. The van der Waals surface area contributed by atoms with Crippen molar-refractivity contribution in [3.8, 4) is 17.6 Å². The second-order valence-electron chi connectivity index (χ2n) is 3.16. The van der Waals surface area contributed by atoms with E-state index in [2.05, 4.69) is 21.6 Å². The first-order valence-electron chi connectivity index (χ1n) is 4.80. The van der Waals surface area contributed by atoms with Gasteiger partial charge in [-0.3, -0.25) is 0 Å². The fourth-order valence-corrected chi connectivity index (χ4v) is 1.66. The smallest absolute Gasteiger partial charge is 0.406 e. The van der Waals surface area contributed by atoms with Gasteiger partial charge in [0.25, 0.3) is 0 Å². The lowest BCUT2D eigenvalue weighted by Crippen LogP contribution is -2.17.